The van der Waals surface area contributed by atoms with Crippen LogP contribution in [0.15, 0.2) is 42.5 Å². The third-order valence-corrected chi connectivity index (χ3v) is 3.79. The Bertz CT molecular complexity index is 807. The summed E-state index contributed by atoms with van der Waals surface area (Å²) in [6.45, 7) is 0.166. The summed E-state index contributed by atoms with van der Waals surface area (Å²) in [6, 6.07) is 11.0. The topological polar surface area (TPSA) is 84.5 Å². The number of hydrogen-bond acceptors (Lipinski definition) is 4. The molecule has 0 atom stereocenters. The van der Waals surface area contributed by atoms with E-state index in [4.69, 9.17) is 23.2 Å². The Balaban J connectivity index is 1.99. The molecule has 2 amide bonds. The van der Waals surface area contributed by atoms with Crippen LogP contribution in [-0.2, 0) is 20.9 Å². The summed E-state index contributed by atoms with van der Waals surface area (Å²) in [5, 5.41) is 5.60. The molecular weight excluding hydrogens is 367 g/mol. The van der Waals surface area contributed by atoms with Gasteiger partial charge in [-0.1, -0.05) is 35.3 Å². The number of hydrogen-bond donors (Lipinski definition) is 2. The summed E-state index contributed by atoms with van der Waals surface area (Å²) < 4.78 is 4.60. The van der Waals surface area contributed by atoms with Gasteiger partial charge in [-0.25, -0.2) is 4.79 Å². The monoisotopic (exact) mass is 380 g/mol. The molecule has 0 aromatic heterocycles. The maximum Gasteiger partial charge on any atom is 0.337 e. The van der Waals surface area contributed by atoms with Crippen molar-refractivity contribution in [3.8, 4) is 0 Å². The minimum Gasteiger partial charge on any atom is -0.465 e. The third kappa shape index (κ3) is 5.20. The van der Waals surface area contributed by atoms with E-state index in [-0.39, 0.29) is 22.8 Å². The molecule has 130 valence electrons. The minimum absolute atomic E-state index is 0.135. The molecule has 0 aliphatic heterocycles. The molecule has 2 aromatic carbocycles. The van der Waals surface area contributed by atoms with Gasteiger partial charge in [0.2, 0.25) is 0 Å². The van der Waals surface area contributed by atoms with Crippen LogP contribution >= 0.6 is 23.2 Å². The molecule has 6 nitrogen and oxygen atoms in total. The average molecular weight is 381 g/mol. The fourth-order valence-corrected chi connectivity index (χ4v) is 2.20. The molecule has 8 heteroatoms. The van der Waals surface area contributed by atoms with Gasteiger partial charge >= 0.3 is 17.8 Å². The van der Waals surface area contributed by atoms with Crippen molar-refractivity contribution in [2.45, 2.75) is 6.54 Å². The van der Waals surface area contributed by atoms with Crippen LogP contribution in [-0.4, -0.2) is 24.9 Å². The van der Waals surface area contributed by atoms with Crippen molar-refractivity contribution in [1.82, 2.24) is 5.32 Å². The molecule has 2 rings (SSSR count). The Kier molecular flexibility index (Phi) is 6.38. The molecule has 0 aliphatic rings. The molecular formula is C17H14Cl2N2O4. The van der Waals surface area contributed by atoms with E-state index in [1.54, 1.807) is 24.3 Å². The second-order valence-electron chi connectivity index (χ2n) is 4.95. The van der Waals surface area contributed by atoms with Crippen LogP contribution in [0.5, 0.6) is 0 Å². The van der Waals surface area contributed by atoms with Gasteiger partial charge < -0.3 is 15.4 Å². The lowest BCUT2D eigenvalue weighted by Gasteiger charge is -2.09. The van der Waals surface area contributed by atoms with Gasteiger partial charge in [0.05, 0.1) is 23.4 Å². The number of ether oxygens (including phenoxy) is 1. The molecule has 0 saturated carbocycles. The summed E-state index contributed by atoms with van der Waals surface area (Å²) in [6.07, 6.45) is 0. The molecule has 2 N–H and O–H groups in total. The van der Waals surface area contributed by atoms with Crippen molar-refractivity contribution >= 4 is 46.7 Å². The van der Waals surface area contributed by atoms with E-state index in [1.807, 2.05) is 0 Å². The normalized spacial score (nSPS) is 10.0. The van der Waals surface area contributed by atoms with Crippen molar-refractivity contribution in [2.24, 2.45) is 0 Å². The summed E-state index contributed by atoms with van der Waals surface area (Å²) >= 11 is 11.7. The predicted molar refractivity (Wildman–Crippen MR) is 94.7 cm³/mol. The van der Waals surface area contributed by atoms with Gasteiger partial charge in [-0.15, -0.1) is 0 Å². The quantitative estimate of drug-likeness (QED) is 0.630. The molecule has 0 bridgehead atoms. The molecule has 0 heterocycles. The molecule has 25 heavy (non-hydrogen) atoms. The molecule has 0 aliphatic carbocycles. The van der Waals surface area contributed by atoms with E-state index in [0.29, 0.717) is 5.02 Å². The number of carbonyl (C=O) groups is 3. The number of rotatable bonds is 4. The van der Waals surface area contributed by atoms with Crippen molar-refractivity contribution in [3.63, 3.8) is 0 Å². The second kappa shape index (κ2) is 8.50. The summed E-state index contributed by atoms with van der Waals surface area (Å²) in [7, 11) is 1.24. The molecule has 0 radical (unpaired) electrons. The Morgan fingerprint density at radius 2 is 1.68 bits per heavy atom. The highest BCUT2D eigenvalue weighted by molar-refractivity contribution is 6.41. The first-order valence-corrected chi connectivity index (χ1v) is 7.88. The highest BCUT2D eigenvalue weighted by atomic mass is 35.5. The van der Waals surface area contributed by atoms with Crippen LogP contribution in [0.4, 0.5) is 5.69 Å². The highest BCUT2D eigenvalue weighted by Crippen LogP contribution is 2.23. The zero-order valence-electron chi connectivity index (χ0n) is 13.1. The van der Waals surface area contributed by atoms with Crippen molar-refractivity contribution in [2.75, 3.05) is 12.4 Å². The lowest BCUT2D eigenvalue weighted by atomic mass is 10.2. The standard InChI is InChI=1S/C17H14Cl2N2O4/c1-25-17(24)11-4-7-13(19)14(8-11)21-16(23)15(22)20-9-10-2-5-12(18)6-3-10/h2-8H,9H2,1H3,(H,20,22)(H,21,23). The van der Waals surface area contributed by atoms with Crippen LogP contribution in [0.3, 0.4) is 0 Å². The zero-order valence-corrected chi connectivity index (χ0v) is 14.6. The van der Waals surface area contributed by atoms with E-state index in [0.717, 1.165) is 5.56 Å². The van der Waals surface area contributed by atoms with E-state index < -0.39 is 17.8 Å². The largest absolute Gasteiger partial charge is 0.465 e. The van der Waals surface area contributed by atoms with Gasteiger partial charge in [-0.3, -0.25) is 9.59 Å². The first-order chi connectivity index (χ1) is 11.9. The Labute approximate surface area is 154 Å². The molecule has 2 aromatic rings. The van der Waals surface area contributed by atoms with E-state index in [9.17, 15) is 14.4 Å². The van der Waals surface area contributed by atoms with E-state index in [2.05, 4.69) is 15.4 Å². The molecule has 0 spiro atoms. The van der Waals surface area contributed by atoms with Crippen LogP contribution in [0, 0.1) is 0 Å². The van der Waals surface area contributed by atoms with Crippen LogP contribution in [0.25, 0.3) is 0 Å². The maximum absolute atomic E-state index is 12.0. The van der Waals surface area contributed by atoms with Gasteiger partial charge in [-0.2, -0.15) is 0 Å². The number of nitrogens with one attached hydrogen (secondary N) is 2. The lowest BCUT2D eigenvalue weighted by Crippen LogP contribution is -2.35. The zero-order chi connectivity index (χ0) is 18.4. The first kappa shape index (κ1) is 18.8. The fraction of sp³-hybridized carbons (Fsp3) is 0.118. The van der Waals surface area contributed by atoms with Gasteiger partial charge in [0.1, 0.15) is 0 Å². The Morgan fingerprint density at radius 3 is 2.32 bits per heavy atom. The van der Waals surface area contributed by atoms with Crippen LogP contribution < -0.4 is 10.6 Å². The Morgan fingerprint density at radius 1 is 1.00 bits per heavy atom. The predicted octanol–water partition coefficient (Wildman–Crippen LogP) is 3.03. The molecule has 0 saturated heterocycles. The number of benzene rings is 2. The molecule has 0 fully saturated rings. The highest BCUT2D eigenvalue weighted by Gasteiger charge is 2.16. The average Bonchev–Trinajstić information content (AvgIpc) is 2.62. The number of esters is 1. The van der Waals surface area contributed by atoms with Gasteiger partial charge in [-0.05, 0) is 35.9 Å². The number of methoxy groups -OCH3 is 1. The first-order valence-electron chi connectivity index (χ1n) is 7.12. The Hall–Kier alpha value is -2.57. The summed E-state index contributed by atoms with van der Waals surface area (Å²) in [5.41, 5.74) is 1.12. The number of amides is 2. The van der Waals surface area contributed by atoms with Crippen LogP contribution in [0.1, 0.15) is 15.9 Å². The summed E-state index contributed by atoms with van der Waals surface area (Å²) in [4.78, 5) is 35.4. The maximum atomic E-state index is 12.0. The third-order valence-electron chi connectivity index (χ3n) is 3.21. The van der Waals surface area contributed by atoms with Crippen molar-refractivity contribution < 1.29 is 19.1 Å². The SMILES string of the molecule is COC(=O)c1ccc(Cl)c(NC(=O)C(=O)NCc2ccc(Cl)cc2)c1. The fourth-order valence-electron chi connectivity index (χ4n) is 1.91. The second-order valence-corrected chi connectivity index (χ2v) is 5.79. The van der Waals surface area contributed by atoms with Gasteiger partial charge in [0, 0.05) is 11.6 Å². The number of carbonyl (C=O) groups excluding carboxylic acids is 3. The smallest absolute Gasteiger partial charge is 0.337 e. The van der Waals surface area contributed by atoms with E-state index in [1.165, 1.54) is 25.3 Å². The van der Waals surface area contributed by atoms with Crippen molar-refractivity contribution in [1.29, 1.82) is 0 Å². The molecule has 0 unspecified atom stereocenters. The van der Waals surface area contributed by atoms with Gasteiger partial charge in [0.15, 0.2) is 0 Å². The van der Waals surface area contributed by atoms with Crippen LogP contribution in [0.2, 0.25) is 10.0 Å². The van der Waals surface area contributed by atoms with E-state index >= 15 is 0 Å². The minimum atomic E-state index is -0.905. The number of halogens is 2. The lowest BCUT2D eigenvalue weighted by molar-refractivity contribution is -0.136. The van der Waals surface area contributed by atoms with Gasteiger partial charge in [0.25, 0.3) is 0 Å². The number of anilines is 1. The summed E-state index contributed by atoms with van der Waals surface area (Å²) in [5.74, 6) is -2.33. The van der Waals surface area contributed by atoms with Crippen molar-refractivity contribution in [3.05, 3.63) is 63.6 Å².